The van der Waals surface area contributed by atoms with Crippen LogP contribution in [0.5, 0.6) is 5.75 Å². The third kappa shape index (κ3) is 7.06. The molecule has 30 heavy (non-hydrogen) atoms. The van der Waals surface area contributed by atoms with E-state index in [1.807, 2.05) is 12.1 Å². The van der Waals surface area contributed by atoms with E-state index in [4.69, 9.17) is 18.6 Å². The zero-order valence-electron chi connectivity index (χ0n) is 19.7. The van der Waals surface area contributed by atoms with Crippen LogP contribution < -0.4 is 4.74 Å². The highest BCUT2D eigenvalue weighted by molar-refractivity contribution is 9.10. The molecule has 0 aromatic heterocycles. The zero-order valence-corrected chi connectivity index (χ0v) is 22.3. The van der Waals surface area contributed by atoms with Gasteiger partial charge in [0, 0.05) is 17.7 Å². The molecule has 0 amide bonds. The molecular weight excluding hydrogens is 460 g/mol. The van der Waals surface area contributed by atoms with E-state index in [0.29, 0.717) is 29.8 Å². The van der Waals surface area contributed by atoms with E-state index >= 15 is 0 Å². The summed E-state index contributed by atoms with van der Waals surface area (Å²) in [6.45, 7) is 16.6. The molecule has 0 spiro atoms. The highest BCUT2D eigenvalue weighted by atomic mass is 79.9. The molecule has 1 aliphatic rings. The predicted molar refractivity (Wildman–Crippen MR) is 130 cm³/mol. The van der Waals surface area contributed by atoms with Crippen molar-refractivity contribution >= 4 is 24.2 Å². The van der Waals surface area contributed by atoms with Crippen molar-refractivity contribution in [1.82, 2.24) is 0 Å². The molecule has 0 radical (unpaired) electrons. The Morgan fingerprint density at radius 2 is 1.70 bits per heavy atom. The zero-order chi connectivity index (χ0) is 22.1. The molecule has 1 heterocycles. The number of hydrogen-bond donors (Lipinski definition) is 0. The fourth-order valence-electron chi connectivity index (χ4n) is 4.90. The van der Waals surface area contributed by atoms with Crippen LogP contribution >= 0.6 is 15.9 Å². The van der Waals surface area contributed by atoms with Gasteiger partial charge in [-0.05, 0) is 66.1 Å². The minimum Gasteiger partial charge on any atom is -0.491 e. The third-order valence-corrected chi connectivity index (χ3v) is 12.8. The molecule has 1 aromatic carbocycles. The van der Waals surface area contributed by atoms with Gasteiger partial charge in [0.05, 0.1) is 6.61 Å². The lowest BCUT2D eigenvalue weighted by molar-refractivity contribution is -0.165. The van der Waals surface area contributed by atoms with Crippen molar-refractivity contribution in [1.29, 1.82) is 0 Å². The number of halogens is 1. The Hall–Kier alpha value is -0.403. The van der Waals surface area contributed by atoms with Crippen LogP contribution in [-0.2, 0) is 20.3 Å². The van der Waals surface area contributed by atoms with E-state index in [-0.39, 0.29) is 6.29 Å². The van der Waals surface area contributed by atoms with Crippen LogP contribution in [0.25, 0.3) is 0 Å². The molecular formula is C24H41BrO4Si. The lowest BCUT2D eigenvalue weighted by atomic mass is 10.1. The molecule has 1 aliphatic heterocycles. The van der Waals surface area contributed by atoms with E-state index in [1.54, 1.807) is 0 Å². The van der Waals surface area contributed by atoms with Crippen LogP contribution in [0.3, 0.4) is 0 Å². The van der Waals surface area contributed by atoms with Gasteiger partial charge in [-0.3, -0.25) is 0 Å². The van der Waals surface area contributed by atoms with Crippen LogP contribution in [0.15, 0.2) is 22.7 Å². The summed E-state index contributed by atoms with van der Waals surface area (Å²) in [5.74, 6) is 0.917. The topological polar surface area (TPSA) is 36.9 Å². The number of benzene rings is 1. The summed E-state index contributed by atoms with van der Waals surface area (Å²) in [4.78, 5) is 0. The fraction of sp³-hybridized carbons (Fsp3) is 0.750. The molecule has 0 saturated carbocycles. The van der Waals surface area contributed by atoms with Gasteiger partial charge in [0.25, 0.3) is 0 Å². The van der Waals surface area contributed by atoms with Crippen LogP contribution in [0.2, 0.25) is 16.6 Å². The molecule has 1 atom stereocenters. The SMILES string of the molecule is CC(C)[Si](OCCc1cc(Br)ccc1OCCOC1CCCCO1)(C(C)C)C(C)C. The first-order valence-electron chi connectivity index (χ1n) is 11.6. The second-order valence-corrected chi connectivity index (χ2v) is 15.6. The first-order chi connectivity index (χ1) is 14.3. The predicted octanol–water partition coefficient (Wildman–Crippen LogP) is 7.11. The molecule has 0 bridgehead atoms. The number of ether oxygens (including phenoxy) is 3. The molecule has 4 nitrogen and oxygen atoms in total. The van der Waals surface area contributed by atoms with Crippen molar-refractivity contribution in [2.24, 2.45) is 0 Å². The van der Waals surface area contributed by atoms with Crippen molar-refractivity contribution < 1.29 is 18.6 Å². The second kappa shape index (κ2) is 12.6. The molecule has 6 heteroatoms. The maximum Gasteiger partial charge on any atom is 0.200 e. The minimum absolute atomic E-state index is 0.0682. The maximum atomic E-state index is 6.74. The van der Waals surface area contributed by atoms with Gasteiger partial charge >= 0.3 is 0 Å². The average molecular weight is 502 g/mol. The Bertz CT molecular complexity index is 608. The summed E-state index contributed by atoms with van der Waals surface area (Å²) >= 11 is 3.60. The Morgan fingerprint density at radius 1 is 1.00 bits per heavy atom. The summed E-state index contributed by atoms with van der Waals surface area (Å²) in [6, 6.07) is 6.21. The lowest BCUT2D eigenvalue weighted by Gasteiger charge is -2.42. The van der Waals surface area contributed by atoms with Crippen molar-refractivity contribution in [3.8, 4) is 5.75 Å². The van der Waals surface area contributed by atoms with E-state index in [0.717, 1.165) is 42.7 Å². The summed E-state index contributed by atoms with van der Waals surface area (Å²) in [5.41, 5.74) is 2.96. The van der Waals surface area contributed by atoms with E-state index < -0.39 is 8.32 Å². The monoisotopic (exact) mass is 500 g/mol. The van der Waals surface area contributed by atoms with Gasteiger partial charge < -0.3 is 18.6 Å². The Morgan fingerprint density at radius 3 is 2.30 bits per heavy atom. The summed E-state index contributed by atoms with van der Waals surface area (Å²) in [7, 11) is -1.85. The first kappa shape index (κ1) is 25.9. The molecule has 0 aliphatic carbocycles. The molecule has 1 fully saturated rings. The van der Waals surface area contributed by atoms with Crippen molar-refractivity contribution in [2.75, 3.05) is 26.4 Å². The summed E-state index contributed by atoms with van der Waals surface area (Å²) < 4.78 is 25.3. The Balaban J connectivity index is 1.92. The molecule has 1 aromatic rings. The lowest BCUT2D eigenvalue weighted by Crippen LogP contribution is -2.48. The van der Waals surface area contributed by atoms with Crippen LogP contribution in [0.1, 0.15) is 66.4 Å². The second-order valence-electron chi connectivity index (χ2n) is 9.18. The number of rotatable bonds is 12. The van der Waals surface area contributed by atoms with Gasteiger partial charge in [-0.2, -0.15) is 0 Å². The van der Waals surface area contributed by atoms with Gasteiger partial charge in [0.2, 0.25) is 0 Å². The quantitative estimate of drug-likeness (QED) is 0.226. The van der Waals surface area contributed by atoms with Gasteiger partial charge in [-0.1, -0.05) is 57.5 Å². The molecule has 1 unspecified atom stereocenters. The van der Waals surface area contributed by atoms with Gasteiger partial charge in [-0.15, -0.1) is 0 Å². The molecule has 2 rings (SSSR count). The van der Waals surface area contributed by atoms with Crippen LogP contribution in [0.4, 0.5) is 0 Å². The van der Waals surface area contributed by atoms with Crippen molar-refractivity contribution in [2.45, 2.75) is 90.1 Å². The largest absolute Gasteiger partial charge is 0.491 e. The maximum absolute atomic E-state index is 6.74. The van der Waals surface area contributed by atoms with E-state index in [1.165, 1.54) is 12.0 Å². The highest BCUT2D eigenvalue weighted by Crippen LogP contribution is 2.42. The minimum atomic E-state index is -1.85. The van der Waals surface area contributed by atoms with E-state index in [9.17, 15) is 0 Å². The van der Waals surface area contributed by atoms with Crippen molar-refractivity contribution in [3.05, 3.63) is 28.2 Å². The smallest absolute Gasteiger partial charge is 0.200 e. The summed E-state index contributed by atoms with van der Waals surface area (Å²) in [5, 5.41) is 0. The molecule has 172 valence electrons. The highest BCUT2D eigenvalue weighted by Gasteiger charge is 2.44. The van der Waals surface area contributed by atoms with Crippen molar-refractivity contribution in [3.63, 3.8) is 0 Å². The normalized spacial score (nSPS) is 17.9. The van der Waals surface area contributed by atoms with Gasteiger partial charge in [-0.25, -0.2) is 0 Å². The third-order valence-electron chi connectivity index (χ3n) is 6.24. The standard InChI is InChI=1S/C24H41BrO4Si/c1-18(2)30(19(3)4,20(5)6)29-14-12-21-17-22(25)10-11-23(21)26-15-16-28-24-9-7-8-13-27-24/h10-11,17-20,24H,7-9,12-16H2,1-6H3. The first-order valence-corrected chi connectivity index (χ1v) is 14.5. The molecule has 1 saturated heterocycles. The molecule has 0 N–H and O–H groups in total. The fourth-order valence-corrected chi connectivity index (χ4v) is 10.8. The van der Waals surface area contributed by atoms with Crippen LogP contribution in [-0.4, -0.2) is 41.0 Å². The van der Waals surface area contributed by atoms with Gasteiger partial charge in [0.15, 0.2) is 14.6 Å². The summed E-state index contributed by atoms with van der Waals surface area (Å²) in [6.07, 6.45) is 4.07. The Labute approximate surface area is 193 Å². The van der Waals surface area contributed by atoms with Crippen LogP contribution in [0, 0.1) is 0 Å². The van der Waals surface area contributed by atoms with E-state index in [2.05, 4.69) is 63.5 Å². The van der Waals surface area contributed by atoms with Gasteiger partial charge in [0.1, 0.15) is 12.4 Å². The average Bonchev–Trinajstić information content (AvgIpc) is 2.69. The Kier molecular flexibility index (Phi) is 10.8. The number of hydrogen-bond acceptors (Lipinski definition) is 4.